The van der Waals surface area contributed by atoms with Gasteiger partial charge in [-0.15, -0.1) is 0 Å². The van der Waals surface area contributed by atoms with Gasteiger partial charge in [0.1, 0.15) is 5.76 Å². The van der Waals surface area contributed by atoms with Crippen LogP contribution in [-0.2, 0) is 11.3 Å². The summed E-state index contributed by atoms with van der Waals surface area (Å²) in [6, 6.07) is 7.92. The van der Waals surface area contributed by atoms with Gasteiger partial charge in [0.05, 0.1) is 18.5 Å². The lowest BCUT2D eigenvalue weighted by molar-refractivity contribution is 0.232. The highest BCUT2D eigenvalue weighted by atomic mass is 16.5. The molecule has 3 nitrogen and oxygen atoms in total. The molecule has 1 aromatic rings. The van der Waals surface area contributed by atoms with Crippen molar-refractivity contribution in [3.05, 3.63) is 53.8 Å². The zero-order valence-electron chi connectivity index (χ0n) is 22.6. The second kappa shape index (κ2) is 32.8. The summed E-state index contributed by atoms with van der Waals surface area (Å²) in [5, 5.41) is 0. The Bertz CT molecular complexity index is 526. The molecule has 0 aliphatic heterocycles. The van der Waals surface area contributed by atoms with Crippen LogP contribution in [0.15, 0.2) is 47.7 Å². The molecular weight excluding hydrogens is 380 g/mol. The Morgan fingerprint density at radius 1 is 0.935 bits per heavy atom. The predicted molar refractivity (Wildman–Crippen MR) is 146 cm³/mol. The van der Waals surface area contributed by atoms with Crippen molar-refractivity contribution in [1.29, 1.82) is 0 Å². The molecule has 1 aromatic carbocycles. The fraction of sp³-hybridized carbons (Fsp3) is 0.607. The smallest absolute Gasteiger partial charge is 0.133 e. The minimum atomic E-state index is 0.518. The number of aliphatic imine (C=N–C) groups is 1. The van der Waals surface area contributed by atoms with Crippen molar-refractivity contribution >= 4 is 11.9 Å². The van der Waals surface area contributed by atoms with Crippen LogP contribution in [0.4, 0.5) is 0 Å². The van der Waals surface area contributed by atoms with Crippen LogP contribution in [0.25, 0.3) is 5.70 Å². The highest BCUT2D eigenvalue weighted by molar-refractivity contribution is 5.82. The van der Waals surface area contributed by atoms with E-state index < -0.39 is 0 Å². The van der Waals surface area contributed by atoms with Crippen LogP contribution in [0.5, 0.6) is 0 Å². The second-order valence-corrected chi connectivity index (χ2v) is 6.15. The first kappa shape index (κ1) is 36.5. The molecular formula is C28H54N2O. The molecule has 0 aromatic heterocycles. The third kappa shape index (κ3) is 26.1. The van der Waals surface area contributed by atoms with E-state index in [9.17, 15) is 0 Å². The van der Waals surface area contributed by atoms with E-state index in [4.69, 9.17) is 10.5 Å². The van der Waals surface area contributed by atoms with Crippen LogP contribution in [0, 0.1) is 0 Å². The quantitative estimate of drug-likeness (QED) is 0.311. The van der Waals surface area contributed by atoms with Crippen LogP contribution in [-0.4, -0.2) is 12.8 Å². The lowest BCUT2D eigenvalue weighted by Gasteiger charge is -2.05. The van der Waals surface area contributed by atoms with E-state index in [0.29, 0.717) is 18.8 Å². The summed E-state index contributed by atoms with van der Waals surface area (Å²) >= 11 is 0. The molecule has 0 bridgehead atoms. The Morgan fingerprint density at radius 2 is 1.45 bits per heavy atom. The first-order chi connectivity index (χ1) is 15.0. The maximum atomic E-state index is 5.62. The number of rotatable bonds is 9. The zero-order valence-corrected chi connectivity index (χ0v) is 22.6. The van der Waals surface area contributed by atoms with E-state index in [-0.39, 0.29) is 0 Å². The maximum absolute atomic E-state index is 5.62. The summed E-state index contributed by atoms with van der Waals surface area (Å²) in [5.41, 5.74) is 8.37. The Hall–Kier alpha value is -1.87. The molecule has 0 heterocycles. The third-order valence-electron chi connectivity index (χ3n) is 3.60. The van der Waals surface area contributed by atoms with E-state index in [2.05, 4.69) is 46.2 Å². The number of benzene rings is 1. The molecule has 0 spiro atoms. The molecule has 0 saturated carbocycles. The lowest BCUT2D eigenvalue weighted by Crippen LogP contribution is -1.97. The Balaban J connectivity index is -0.000000253. The molecule has 31 heavy (non-hydrogen) atoms. The van der Waals surface area contributed by atoms with Gasteiger partial charge in [-0.2, -0.15) is 0 Å². The van der Waals surface area contributed by atoms with Crippen LogP contribution >= 0.6 is 0 Å². The van der Waals surface area contributed by atoms with Crippen molar-refractivity contribution < 1.29 is 4.74 Å². The van der Waals surface area contributed by atoms with Crippen LogP contribution < -0.4 is 5.73 Å². The standard InChI is InChI=1S/C16H22N2O.2C4H10.2C2H6/c1-4-9-19-16(5-2)12-18-13(3)15-8-6-7-14(10-15)11-17;2*1-3-4-2;2*1-2/h5-8,10,12H,3-4,9,11,17H2,1-2H3;2*3-4H2,1-2H3;2*1-2H3/b16-5+,18-12?;;;;. The molecule has 2 N–H and O–H groups in total. The largest absolute Gasteiger partial charge is 0.492 e. The van der Waals surface area contributed by atoms with E-state index in [0.717, 1.165) is 23.3 Å². The summed E-state index contributed by atoms with van der Waals surface area (Å²) in [7, 11) is 0. The fourth-order valence-corrected chi connectivity index (χ4v) is 1.51. The SMILES string of the molecule is C=C(N=C/C(=C\C)OCCC)c1cccc(CN)c1.CC.CC.CCCC.CCCC. The number of unbranched alkanes of at least 4 members (excludes halogenated alkanes) is 2. The van der Waals surface area contributed by atoms with Gasteiger partial charge in [-0.05, 0) is 36.6 Å². The van der Waals surface area contributed by atoms with Gasteiger partial charge < -0.3 is 10.5 Å². The second-order valence-electron chi connectivity index (χ2n) is 6.15. The first-order valence-corrected chi connectivity index (χ1v) is 12.4. The summed E-state index contributed by atoms with van der Waals surface area (Å²) < 4.78 is 5.52. The number of allylic oxidation sites excluding steroid dienone is 2. The fourth-order valence-electron chi connectivity index (χ4n) is 1.51. The molecule has 0 aliphatic carbocycles. The van der Waals surface area contributed by atoms with Gasteiger partial charge in [0.2, 0.25) is 0 Å². The van der Waals surface area contributed by atoms with Gasteiger partial charge in [-0.25, -0.2) is 0 Å². The van der Waals surface area contributed by atoms with Gasteiger partial charge >= 0.3 is 0 Å². The van der Waals surface area contributed by atoms with Crippen molar-refractivity contribution in [1.82, 2.24) is 0 Å². The van der Waals surface area contributed by atoms with Crippen molar-refractivity contribution in [3.8, 4) is 0 Å². The van der Waals surface area contributed by atoms with Crippen LogP contribution in [0.1, 0.15) is 112 Å². The van der Waals surface area contributed by atoms with E-state index >= 15 is 0 Å². The number of ether oxygens (including phenoxy) is 1. The van der Waals surface area contributed by atoms with Gasteiger partial charge in [-0.1, -0.05) is 113 Å². The van der Waals surface area contributed by atoms with Crippen molar-refractivity contribution in [2.75, 3.05) is 6.61 Å². The Labute approximate surface area is 195 Å². The van der Waals surface area contributed by atoms with Crippen molar-refractivity contribution in [2.24, 2.45) is 10.7 Å². The average Bonchev–Trinajstić information content (AvgIpc) is 2.86. The molecule has 1 rings (SSSR count). The average molecular weight is 435 g/mol. The number of nitrogens with zero attached hydrogens (tertiary/aromatic N) is 1. The first-order valence-electron chi connectivity index (χ1n) is 12.4. The molecule has 0 unspecified atom stereocenters. The number of hydrogen-bond acceptors (Lipinski definition) is 3. The minimum Gasteiger partial charge on any atom is -0.492 e. The highest BCUT2D eigenvalue weighted by Crippen LogP contribution is 2.15. The molecule has 0 atom stereocenters. The maximum Gasteiger partial charge on any atom is 0.133 e. The van der Waals surface area contributed by atoms with Gasteiger partial charge in [0.25, 0.3) is 0 Å². The summed E-state index contributed by atoms with van der Waals surface area (Å²) in [6.45, 7) is 25.9. The van der Waals surface area contributed by atoms with Crippen molar-refractivity contribution in [2.45, 2.75) is 108 Å². The molecule has 0 fully saturated rings. The van der Waals surface area contributed by atoms with E-state index in [1.165, 1.54) is 25.7 Å². The summed E-state index contributed by atoms with van der Waals surface area (Å²) in [4.78, 5) is 4.34. The Kier molecular flexibility index (Phi) is 38.6. The molecule has 3 heteroatoms. The Morgan fingerprint density at radius 3 is 1.84 bits per heavy atom. The minimum absolute atomic E-state index is 0.518. The van der Waals surface area contributed by atoms with Gasteiger partial charge in [-0.3, -0.25) is 4.99 Å². The lowest BCUT2D eigenvalue weighted by atomic mass is 10.1. The zero-order chi connectivity index (χ0) is 24.9. The predicted octanol–water partition coefficient (Wildman–Crippen LogP) is 9.18. The van der Waals surface area contributed by atoms with Gasteiger partial charge in [0, 0.05) is 6.54 Å². The van der Waals surface area contributed by atoms with Crippen LogP contribution in [0.3, 0.4) is 0 Å². The molecule has 0 saturated heterocycles. The van der Waals surface area contributed by atoms with Crippen molar-refractivity contribution in [3.63, 3.8) is 0 Å². The van der Waals surface area contributed by atoms with E-state index in [1.54, 1.807) is 6.21 Å². The third-order valence-corrected chi connectivity index (χ3v) is 3.60. The van der Waals surface area contributed by atoms with Crippen LogP contribution in [0.2, 0.25) is 0 Å². The molecule has 182 valence electrons. The molecule has 0 amide bonds. The number of hydrogen-bond donors (Lipinski definition) is 1. The molecule has 0 aliphatic rings. The molecule has 0 radical (unpaired) electrons. The van der Waals surface area contributed by atoms with Gasteiger partial charge in [0.15, 0.2) is 0 Å². The topological polar surface area (TPSA) is 47.6 Å². The highest BCUT2D eigenvalue weighted by Gasteiger charge is 1.98. The summed E-state index contributed by atoms with van der Waals surface area (Å²) in [6.07, 6.45) is 9.85. The monoisotopic (exact) mass is 434 g/mol. The summed E-state index contributed by atoms with van der Waals surface area (Å²) in [5.74, 6) is 0.762. The normalized spacial score (nSPS) is 9.58. The number of nitrogens with two attached hydrogens (primary N) is 1. The van der Waals surface area contributed by atoms with E-state index in [1.807, 2.05) is 65.0 Å².